The van der Waals surface area contributed by atoms with Gasteiger partial charge in [0.05, 0.1) is 0 Å². The molecule has 0 aliphatic carbocycles. The summed E-state index contributed by atoms with van der Waals surface area (Å²) in [7, 11) is 0. The zero-order valence-corrected chi connectivity index (χ0v) is 51.5. The van der Waals surface area contributed by atoms with E-state index in [0.29, 0.717) is 25.7 Å². The minimum atomic E-state index is -0.950. The van der Waals surface area contributed by atoms with Gasteiger partial charge in [-0.25, -0.2) is 0 Å². The average molecular weight is 1060 g/mol. The Hall–Kier alpha value is -0.860. The van der Waals surface area contributed by atoms with Crippen molar-refractivity contribution in [3.63, 3.8) is 0 Å². The number of carboxylic acid groups (broad SMARTS) is 2. The standard InChI is InChI=1S/2C32H62O4.Ca/c2*1-3-5-7-9-11-12-13-14-16-21-25-29-32(35)36-30(26-22-18-15-10-8-6-4-2)27-23-19-17-20-24-28-31(33)34;/h2*30H,3-29H2,1-2H3,(H,33,34);/q;;+2/p-2. The number of carbonyl (C=O) groups excluding carboxylic acids is 4. The summed E-state index contributed by atoms with van der Waals surface area (Å²) in [4.78, 5) is 46.0. The van der Waals surface area contributed by atoms with E-state index in [1.165, 1.54) is 193 Å². The smallest absolute Gasteiger partial charge is 0.550 e. The molecule has 0 bridgehead atoms. The fourth-order valence-corrected chi connectivity index (χ4v) is 9.88. The molecule has 2 atom stereocenters. The summed E-state index contributed by atoms with van der Waals surface area (Å²) < 4.78 is 11.8. The topological polar surface area (TPSA) is 133 Å². The van der Waals surface area contributed by atoms with Crippen LogP contribution >= 0.6 is 0 Å². The predicted octanol–water partition coefficient (Wildman–Crippen LogP) is 18.1. The quantitative estimate of drug-likeness (QED) is 0.0334. The van der Waals surface area contributed by atoms with Crippen molar-refractivity contribution in [1.82, 2.24) is 0 Å². The second-order valence-corrected chi connectivity index (χ2v) is 22.0. The summed E-state index contributed by atoms with van der Waals surface area (Å²) in [6, 6.07) is 0. The number of carboxylic acids is 2. The number of esters is 2. The molecule has 2 unspecified atom stereocenters. The minimum absolute atomic E-state index is 0. The van der Waals surface area contributed by atoms with Gasteiger partial charge in [0.2, 0.25) is 0 Å². The third-order valence-corrected chi connectivity index (χ3v) is 14.6. The van der Waals surface area contributed by atoms with Gasteiger partial charge < -0.3 is 29.3 Å². The molecule has 0 fully saturated rings. The van der Waals surface area contributed by atoms with E-state index in [9.17, 15) is 29.4 Å². The number of hydrogen-bond acceptors (Lipinski definition) is 8. The Bertz CT molecular complexity index is 1050. The second-order valence-electron chi connectivity index (χ2n) is 22.0. The molecule has 428 valence electrons. The molecule has 0 saturated heterocycles. The maximum absolute atomic E-state index is 12.5. The van der Waals surface area contributed by atoms with E-state index in [1.54, 1.807) is 0 Å². The number of carbonyl (C=O) groups is 4. The van der Waals surface area contributed by atoms with Crippen LogP contribution in [0.2, 0.25) is 0 Å². The van der Waals surface area contributed by atoms with E-state index in [4.69, 9.17) is 9.47 Å². The molecule has 0 aromatic heterocycles. The first kappa shape index (κ1) is 76.4. The second kappa shape index (κ2) is 65.4. The molecular weight excluding hydrogens is 937 g/mol. The zero-order chi connectivity index (χ0) is 53.1. The Morgan fingerprint density at radius 1 is 0.260 bits per heavy atom. The van der Waals surface area contributed by atoms with Gasteiger partial charge in [0.25, 0.3) is 0 Å². The maximum atomic E-state index is 12.5. The van der Waals surface area contributed by atoms with Crippen LogP contribution in [0.15, 0.2) is 0 Å². The first-order chi connectivity index (χ1) is 35.2. The van der Waals surface area contributed by atoms with E-state index >= 15 is 0 Å². The van der Waals surface area contributed by atoms with Crippen LogP contribution in [0.4, 0.5) is 0 Å². The molecule has 0 rings (SSSR count). The van der Waals surface area contributed by atoms with Crippen molar-refractivity contribution in [2.75, 3.05) is 0 Å². The summed E-state index contributed by atoms with van der Waals surface area (Å²) in [5.41, 5.74) is 0. The largest absolute Gasteiger partial charge is 2.00 e. The van der Waals surface area contributed by atoms with Crippen molar-refractivity contribution in [3.8, 4) is 0 Å². The summed E-state index contributed by atoms with van der Waals surface area (Å²) in [6.07, 6.45) is 61.4. The van der Waals surface area contributed by atoms with E-state index in [-0.39, 0.29) is 74.7 Å². The van der Waals surface area contributed by atoms with E-state index in [1.807, 2.05) is 0 Å². The van der Waals surface area contributed by atoms with Crippen LogP contribution in [0.25, 0.3) is 0 Å². The van der Waals surface area contributed by atoms with E-state index in [0.717, 1.165) is 116 Å². The van der Waals surface area contributed by atoms with Gasteiger partial charge in [-0.3, -0.25) is 9.59 Å². The Labute approximate surface area is 483 Å². The third-order valence-electron chi connectivity index (χ3n) is 14.6. The van der Waals surface area contributed by atoms with Crippen LogP contribution in [0.3, 0.4) is 0 Å². The zero-order valence-electron chi connectivity index (χ0n) is 49.3. The maximum Gasteiger partial charge on any atom is 2.00 e. The van der Waals surface area contributed by atoms with Gasteiger partial charge in [-0.15, -0.1) is 0 Å². The Morgan fingerprint density at radius 2 is 0.425 bits per heavy atom. The number of ether oxygens (including phenoxy) is 2. The SMILES string of the molecule is CCCCCCCCCCCCCC(=O)OC(CCCCCCCCC)CCCCCCCC(=O)[O-].CCCCCCCCCCCCCC(=O)OC(CCCCCCCCC)CCCCCCCC(=O)[O-].[Ca+2]. The molecule has 0 aromatic carbocycles. The van der Waals surface area contributed by atoms with Gasteiger partial charge in [-0.2, -0.15) is 0 Å². The summed E-state index contributed by atoms with van der Waals surface area (Å²) >= 11 is 0. The van der Waals surface area contributed by atoms with Crippen molar-refractivity contribution >= 4 is 61.6 Å². The van der Waals surface area contributed by atoms with Crippen molar-refractivity contribution in [2.45, 2.75) is 387 Å². The number of unbranched alkanes of at least 4 members (excludes halogenated alkanes) is 40. The van der Waals surface area contributed by atoms with Crippen LogP contribution in [0.5, 0.6) is 0 Å². The van der Waals surface area contributed by atoms with Gasteiger partial charge in [-0.1, -0.05) is 272 Å². The van der Waals surface area contributed by atoms with Crippen LogP contribution in [-0.2, 0) is 28.7 Å². The van der Waals surface area contributed by atoms with Gasteiger partial charge in [0.15, 0.2) is 0 Å². The van der Waals surface area contributed by atoms with Gasteiger partial charge in [0.1, 0.15) is 12.2 Å². The summed E-state index contributed by atoms with van der Waals surface area (Å²) in [5, 5.41) is 21.0. The molecule has 8 nitrogen and oxygen atoms in total. The van der Waals surface area contributed by atoms with Gasteiger partial charge in [-0.05, 0) is 89.9 Å². The summed E-state index contributed by atoms with van der Waals surface area (Å²) in [5.74, 6) is -1.91. The molecule has 0 aliphatic heterocycles. The molecule has 0 spiro atoms. The summed E-state index contributed by atoms with van der Waals surface area (Å²) in [6.45, 7) is 9.03. The first-order valence-electron chi connectivity index (χ1n) is 32.0. The minimum Gasteiger partial charge on any atom is -0.550 e. The van der Waals surface area contributed by atoms with Crippen LogP contribution in [-0.4, -0.2) is 73.8 Å². The van der Waals surface area contributed by atoms with Crippen molar-refractivity contribution < 1.29 is 38.9 Å². The Kier molecular flexibility index (Phi) is 68.4. The van der Waals surface area contributed by atoms with Crippen molar-refractivity contribution in [3.05, 3.63) is 0 Å². The number of rotatable bonds is 58. The molecule has 0 saturated carbocycles. The normalized spacial score (nSPS) is 11.9. The van der Waals surface area contributed by atoms with Crippen LogP contribution in [0, 0.1) is 0 Å². The molecule has 0 aromatic rings. The van der Waals surface area contributed by atoms with Crippen molar-refractivity contribution in [1.29, 1.82) is 0 Å². The van der Waals surface area contributed by atoms with Crippen LogP contribution < -0.4 is 10.2 Å². The average Bonchev–Trinajstić information content (AvgIpc) is 3.35. The molecule has 0 heterocycles. The Balaban J connectivity index is -0.00000132. The molecule has 0 N–H and O–H groups in total. The molecular formula is C64H122CaO8. The van der Waals surface area contributed by atoms with E-state index in [2.05, 4.69) is 27.7 Å². The Morgan fingerprint density at radius 3 is 0.616 bits per heavy atom. The van der Waals surface area contributed by atoms with Gasteiger partial charge >= 0.3 is 49.7 Å². The first-order valence-corrected chi connectivity index (χ1v) is 32.0. The fourth-order valence-electron chi connectivity index (χ4n) is 9.88. The molecule has 0 aliphatic rings. The van der Waals surface area contributed by atoms with Crippen LogP contribution in [0.1, 0.15) is 374 Å². The number of hydrogen-bond donors (Lipinski definition) is 0. The molecule has 9 heteroatoms. The molecule has 0 radical (unpaired) electrons. The predicted molar refractivity (Wildman–Crippen MR) is 308 cm³/mol. The molecule has 0 amide bonds. The fraction of sp³-hybridized carbons (Fsp3) is 0.938. The monoisotopic (exact) mass is 1060 g/mol. The molecule has 73 heavy (non-hydrogen) atoms. The number of aliphatic carboxylic acids is 2. The third kappa shape index (κ3) is 67.2. The van der Waals surface area contributed by atoms with Gasteiger partial charge in [0, 0.05) is 24.8 Å². The van der Waals surface area contributed by atoms with Crippen molar-refractivity contribution in [2.24, 2.45) is 0 Å². The van der Waals surface area contributed by atoms with E-state index < -0.39 is 11.9 Å².